The van der Waals surface area contributed by atoms with Gasteiger partial charge >= 0.3 is 5.97 Å². The number of hydrogen-bond donors (Lipinski definition) is 0. The van der Waals surface area contributed by atoms with Crippen molar-refractivity contribution in [2.75, 3.05) is 0 Å². The third kappa shape index (κ3) is 3.66. The van der Waals surface area contributed by atoms with Gasteiger partial charge < -0.3 is 4.74 Å². The standard InChI is InChI=1S/C10H9BrClFO4S/c1-5(2)17-10(14)6-3-9(18(12,15)16)8(13)4-7(6)11/h3-5H,1-2H3. The third-order valence-corrected chi connectivity index (χ3v) is 3.84. The summed E-state index contributed by atoms with van der Waals surface area (Å²) in [5.74, 6) is -1.81. The summed E-state index contributed by atoms with van der Waals surface area (Å²) >= 11 is 2.96. The Hall–Kier alpha value is -0.660. The molecule has 0 aliphatic heterocycles. The van der Waals surface area contributed by atoms with E-state index in [1.165, 1.54) is 0 Å². The minimum atomic E-state index is -4.27. The number of rotatable bonds is 3. The fourth-order valence-electron chi connectivity index (χ4n) is 1.15. The summed E-state index contributed by atoms with van der Waals surface area (Å²) in [7, 11) is 0.797. The van der Waals surface area contributed by atoms with Gasteiger partial charge in [0.25, 0.3) is 9.05 Å². The molecular weight excluding hydrogens is 351 g/mol. The van der Waals surface area contributed by atoms with Crippen LogP contribution in [-0.4, -0.2) is 20.5 Å². The molecule has 0 spiro atoms. The molecule has 0 aromatic heterocycles. The van der Waals surface area contributed by atoms with Gasteiger partial charge in [0, 0.05) is 15.2 Å². The summed E-state index contributed by atoms with van der Waals surface area (Å²) in [6.45, 7) is 3.27. The van der Waals surface area contributed by atoms with E-state index >= 15 is 0 Å². The Labute approximate surface area is 117 Å². The quantitative estimate of drug-likeness (QED) is 0.615. The largest absolute Gasteiger partial charge is 0.459 e. The van der Waals surface area contributed by atoms with Crippen molar-refractivity contribution < 1.29 is 22.3 Å². The van der Waals surface area contributed by atoms with Crippen LogP contribution in [0.1, 0.15) is 24.2 Å². The zero-order valence-corrected chi connectivity index (χ0v) is 12.6. The van der Waals surface area contributed by atoms with Crippen LogP contribution in [0.5, 0.6) is 0 Å². The zero-order chi connectivity index (χ0) is 14.1. The van der Waals surface area contributed by atoms with Gasteiger partial charge in [-0.15, -0.1) is 0 Å². The highest BCUT2D eigenvalue weighted by Crippen LogP contribution is 2.27. The molecule has 0 bridgehead atoms. The molecule has 0 atom stereocenters. The van der Waals surface area contributed by atoms with Crippen LogP contribution in [0.4, 0.5) is 4.39 Å². The summed E-state index contributed by atoms with van der Waals surface area (Å²) in [6.07, 6.45) is -0.384. The predicted molar refractivity (Wildman–Crippen MR) is 67.7 cm³/mol. The molecule has 0 unspecified atom stereocenters. The lowest BCUT2D eigenvalue weighted by Gasteiger charge is -2.10. The molecule has 0 radical (unpaired) electrons. The minimum Gasteiger partial charge on any atom is -0.459 e. The SMILES string of the molecule is CC(C)OC(=O)c1cc(S(=O)(=O)Cl)c(F)cc1Br. The van der Waals surface area contributed by atoms with Crippen LogP contribution in [0.25, 0.3) is 0 Å². The molecule has 1 aromatic carbocycles. The molecule has 8 heteroatoms. The Balaban J connectivity index is 3.34. The second-order valence-corrected chi connectivity index (χ2v) is 7.04. The molecule has 1 aromatic rings. The van der Waals surface area contributed by atoms with Gasteiger partial charge in [-0.25, -0.2) is 17.6 Å². The number of carbonyl (C=O) groups excluding carboxylic acids is 1. The van der Waals surface area contributed by atoms with Gasteiger partial charge in [-0.3, -0.25) is 0 Å². The van der Waals surface area contributed by atoms with Crippen molar-refractivity contribution in [1.29, 1.82) is 0 Å². The minimum absolute atomic E-state index is 0.0923. The lowest BCUT2D eigenvalue weighted by Crippen LogP contribution is -2.13. The van der Waals surface area contributed by atoms with Crippen molar-refractivity contribution in [2.24, 2.45) is 0 Å². The first-order chi connectivity index (χ1) is 8.12. The predicted octanol–water partition coefficient (Wildman–Crippen LogP) is 3.08. The van der Waals surface area contributed by atoms with Crippen molar-refractivity contribution in [2.45, 2.75) is 24.8 Å². The fraction of sp³-hybridized carbons (Fsp3) is 0.300. The fourth-order valence-corrected chi connectivity index (χ4v) is 2.53. The first-order valence-corrected chi connectivity index (χ1v) is 7.88. The highest BCUT2D eigenvalue weighted by Gasteiger charge is 2.22. The molecule has 0 saturated heterocycles. The Kier molecular flexibility index (Phi) is 4.74. The van der Waals surface area contributed by atoms with E-state index in [1.54, 1.807) is 13.8 Å². The molecule has 0 aliphatic rings. The van der Waals surface area contributed by atoms with Crippen LogP contribution in [0.2, 0.25) is 0 Å². The second-order valence-electron chi connectivity index (χ2n) is 3.65. The molecular formula is C10H9BrClFO4S. The monoisotopic (exact) mass is 358 g/mol. The molecule has 0 fully saturated rings. The smallest absolute Gasteiger partial charge is 0.339 e. The molecule has 18 heavy (non-hydrogen) atoms. The van der Waals surface area contributed by atoms with Crippen LogP contribution >= 0.6 is 26.6 Å². The Bertz CT molecular complexity index is 586. The van der Waals surface area contributed by atoms with E-state index in [1.807, 2.05) is 0 Å². The molecule has 0 amide bonds. The van der Waals surface area contributed by atoms with Gasteiger partial charge in [0.05, 0.1) is 11.7 Å². The van der Waals surface area contributed by atoms with Crippen molar-refractivity contribution in [3.63, 3.8) is 0 Å². The number of hydrogen-bond acceptors (Lipinski definition) is 4. The van der Waals surface area contributed by atoms with Gasteiger partial charge in [-0.05, 0) is 41.9 Å². The highest BCUT2D eigenvalue weighted by atomic mass is 79.9. The summed E-state index contributed by atoms with van der Waals surface area (Å²) < 4.78 is 40.6. The molecule has 1 rings (SSSR count). The van der Waals surface area contributed by atoms with E-state index in [0.29, 0.717) is 0 Å². The molecule has 4 nitrogen and oxygen atoms in total. The van der Waals surface area contributed by atoms with E-state index < -0.39 is 25.7 Å². The van der Waals surface area contributed by atoms with Crippen LogP contribution in [0.3, 0.4) is 0 Å². The molecule has 0 aliphatic carbocycles. The van der Waals surface area contributed by atoms with E-state index in [-0.39, 0.29) is 16.1 Å². The van der Waals surface area contributed by atoms with Crippen molar-refractivity contribution in [3.05, 3.63) is 28.0 Å². The van der Waals surface area contributed by atoms with Crippen LogP contribution in [0, 0.1) is 5.82 Å². The number of esters is 1. The van der Waals surface area contributed by atoms with E-state index in [0.717, 1.165) is 12.1 Å². The third-order valence-electron chi connectivity index (χ3n) is 1.85. The number of ether oxygens (including phenoxy) is 1. The van der Waals surface area contributed by atoms with Crippen molar-refractivity contribution in [1.82, 2.24) is 0 Å². The first kappa shape index (κ1) is 15.4. The van der Waals surface area contributed by atoms with Gasteiger partial charge in [-0.1, -0.05) is 0 Å². The van der Waals surface area contributed by atoms with Crippen molar-refractivity contribution in [3.8, 4) is 0 Å². The second kappa shape index (κ2) is 5.54. The maximum absolute atomic E-state index is 13.4. The Morgan fingerprint density at radius 2 is 2.00 bits per heavy atom. The van der Waals surface area contributed by atoms with Crippen LogP contribution in [0.15, 0.2) is 21.5 Å². The first-order valence-electron chi connectivity index (χ1n) is 4.77. The summed E-state index contributed by atoms with van der Waals surface area (Å²) in [4.78, 5) is 10.9. The number of halogens is 3. The average Bonchev–Trinajstić information content (AvgIpc) is 2.13. The Morgan fingerprint density at radius 1 is 1.44 bits per heavy atom. The summed E-state index contributed by atoms with van der Waals surface area (Å²) in [6, 6.07) is 1.69. The summed E-state index contributed by atoms with van der Waals surface area (Å²) in [5, 5.41) is 0. The number of benzene rings is 1. The zero-order valence-electron chi connectivity index (χ0n) is 9.41. The number of carbonyl (C=O) groups is 1. The van der Waals surface area contributed by atoms with E-state index in [2.05, 4.69) is 15.9 Å². The highest BCUT2D eigenvalue weighted by molar-refractivity contribution is 9.10. The van der Waals surface area contributed by atoms with Gasteiger partial charge in [0.15, 0.2) is 0 Å². The van der Waals surface area contributed by atoms with E-state index in [9.17, 15) is 17.6 Å². The Morgan fingerprint density at radius 3 is 2.44 bits per heavy atom. The van der Waals surface area contributed by atoms with Gasteiger partial charge in [0.2, 0.25) is 0 Å². The molecule has 0 heterocycles. The molecule has 0 saturated carbocycles. The molecule has 100 valence electrons. The summed E-state index contributed by atoms with van der Waals surface area (Å²) in [5.41, 5.74) is -0.107. The van der Waals surface area contributed by atoms with Crippen molar-refractivity contribution >= 4 is 41.6 Å². The maximum atomic E-state index is 13.4. The van der Waals surface area contributed by atoms with Crippen LogP contribution < -0.4 is 0 Å². The van der Waals surface area contributed by atoms with Gasteiger partial charge in [0.1, 0.15) is 10.7 Å². The lowest BCUT2D eigenvalue weighted by atomic mass is 10.2. The average molecular weight is 360 g/mol. The normalized spacial score (nSPS) is 11.7. The van der Waals surface area contributed by atoms with E-state index in [4.69, 9.17) is 15.4 Å². The molecule has 0 N–H and O–H groups in total. The topological polar surface area (TPSA) is 60.4 Å². The van der Waals surface area contributed by atoms with Gasteiger partial charge in [-0.2, -0.15) is 0 Å². The van der Waals surface area contributed by atoms with Crippen LogP contribution in [-0.2, 0) is 13.8 Å². The lowest BCUT2D eigenvalue weighted by molar-refractivity contribution is 0.0376. The maximum Gasteiger partial charge on any atom is 0.339 e.